The van der Waals surface area contributed by atoms with E-state index >= 15 is 0 Å². The standard InChI is InChI=1S/C12H18ClN3/c1-2-5-16(9-10-3-4-10)12-8-14-7-11(6-13)15-12/h7-8,10H,2-6,9H2,1H3. The van der Waals surface area contributed by atoms with E-state index in [1.807, 2.05) is 6.20 Å². The lowest BCUT2D eigenvalue weighted by atomic mass is 10.3. The van der Waals surface area contributed by atoms with Gasteiger partial charge >= 0.3 is 0 Å². The fraction of sp³-hybridized carbons (Fsp3) is 0.667. The minimum absolute atomic E-state index is 0.435. The molecule has 0 radical (unpaired) electrons. The number of nitrogens with zero attached hydrogens (tertiary/aromatic N) is 3. The predicted octanol–water partition coefficient (Wildman–Crippen LogP) is 2.84. The van der Waals surface area contributed by atoms with E-state index in [0.29, 0.717) is 5.88 Å². The molecule has 0 bridgehead atoms. The fourth-order valence-corrected chi connectivity index (χ4v) is 1.92. The molecule has 1 aliphatic carbocycles. The molecule has 0 atom stereocenters. The zero-order chi connectivity index (χ0) is 11.4. The molecule has 0 aliphatic heterocycles. The Labute approximate surface area is 102 Å². The van der Waals surface area contributed by atoms with Gasteiger partial charge in [-0.15, -0.1) is 11.6 Å². The first-order valence-electron chi connectivity index (χ1n) is 5.95. The molecular formula is C12H18ClN3. The molecule has 1 heterocycles. The Hall–Kier alpha value is -0.830. The van der Waals surface area contributed by atoms with Crippen molar-refractivity contribution in [2.75, 3.05) is 18.0 Å². The van der Waals surface area contributed by atoms with Crippen LogP contribution in [0.15, 0.2) is 12.4 Å². The lowest BCUT2D eigenvalue weighted by molar-refractivity contribution is 0.695. The summed E-state index contributed by atoms with van der Waals surface area (Å²) in [5, 5.41) is 0. The van der Waals surface area contributed by atoms with E-state index in [9.17, 15) is 0 Å². The van der Waals surface area contributed by atoms with Gasteiger partial charge in [0.05, 0.1) is 17.8 Å². The Kier molecular flexibility index (Phi) is 3.99. The Morgan fingerprint density at radius 1 is 1.44 bits per heavy atom. The largest absolute Gasteiger partial charge is 0.355 e. The van der Waals surface area contributed by atoms with Gasteiger partial charge in [-0.25, -0.2) is 4.98 Å². The molecule has 1 aliphatic rings. The molecule has 16 heavy (non-hydrogen) atoms. The van der Waals surface area contributed by atoms with Crippen molar-refractivity contribution in [2.24, 2.45) is 5.92 Å². The van der Waals surface area contributed by atoms with Crippen molar-refractivity contribution in [1.82, 2.24) is 9.97 Å². The van der Waals surface area contributed by atoms with Gasteiger partial charge in [-0.2, -0.15) is 0 Å². The van der Waals surface area contributed by atoms with Crippen LogP contribution in [-0.2, 0) is 5.88 Å². The molecule has 1 saturated carbocycles. The monoisotopic (exact) mass is 239 g/mol. The predicted molar refractivity (Wildman–Crippen MR) is 66.8 cm³/mol. The maximum atomic E-state index is 5.78. The van der Waals surface area contributed by atoms with Gasteiger partial charge < -0.3 is 4.90 Å². The maximum Gasteiger partial charge on any atom is 0.147 e. The Bertz CT molecular complexity index is 339. The van der Waals surface area contributed by atoms with Gasteiger partial charge in [0.15, 0.2) is 0 Å². The third-order valence-corrected chi connectivity index (χ3v) is 3.08. The summed E-state index contributed by atoms with van der Waals surface area (Å²) in [6.07, 6.45) is 7.44. The summed E-state index contributed by atoms with van der Waals surface area (Å²) in [4.78, 5) is 11.1. The van der Waals surface area contributed by atoms with E-state index in [1.165, 1.54) is 12.8 Å². The van der Waals surface area contributed by atoms with Gasteiger partial charge in [0, 0.05) is 19.3 Å². The molecule has 1 aromatic rings. The van der Waals surface area contributed by atoms with E-state index in [2.05, 4.69) is 21.8 Å². The smallest absolute Gasteiger partial charge is 0.147 e. The number of hydrogen-bond acceptors (Lipinski definition) is 3. The molecule has 0 unspecified atom stereocenters. The zero-order valence-corrected chi connectivity index (χ0v) is 10.5. The first-order valence-corrected chi connectivity index (χ1v) is 6.48. The van der Waals surface area contributed by atoms with Crippen LogP contribution in [0.1, 0.15) is 31.9 Å². The van der Waals surface area contributed by atoms with Crippen molar-refractivity contribution < 1.29 is 0 Å². The number of alkyl halides is 1. The summed E-state index contributed by atoms with van der Waals surface area (Å²) in [7, 11) is 0. The molecule has 0 aromatic carbocycles. The van der Waals surface area contributed by atoms with Crippen molar-refractivity contribution in [2.45, 2.75) is 32.1 Å². The van der Waals surface area contributed by atoms with E-state index in [4.69, 9.17) is 11.6 Å². The van der Waals surface area contributed by atoms with E-state index < -0.39 is 0 Å². The van der Waals surface area contributed by atoms with Gasteiger partial charge in [0.2, 0.25) is 0 Å². The van der Waals surface area contributed by atoms with Crippen LogP contribution in [0, 0.1) is 5.92 Å². The van der Waals surface area contributed by atoms with Gasteiger partial charge in [-0.3, -0.25) is 4.98 Å². The van der Waals surface area contributed by atoms with Gasteiger partial charge in [-0.1, -0.05) is 6.92 Å². The molecule has 0 amide bonds. The first-order chi connectivity index (χ1) is 7.83. The highest BCUT2D eigenvalue weighted by atomic mass is 35.5. The Morgan fingerprint density at radius 3 is 2.88 bits per heavy atom. The van der Waals surface area contributed by atoms with Crippen molar-refractivity contribution in [3.8, 4) is 0 Å². The highest BCUT2D eigenvalue weighted by molar-refractivity contribution is 6.16. The van der Waals surface area contributed by atoms with Crippen LogP contribution in [0.3, 0.4) is 0 Å². The SMILES string of the molecule is CCCN(CC1CC1)c1cncc(CCl)n1. The highest BCUT2D eigenvalue weighted by Crippen LogP contribution is 2.31. The molecule has 4 heteroatoms. The van der Waals surface area contributed by atoms with Crippen LogP contribution in [0.4, 0.5) is 5.82 Å². The number of rotatable bonds is 6. The van der Waals surface area contributed by atoms with Crippen LogP contribution in [0.2, 0.25) is 0 Å². The van der Waals surface area contributed by atoms with Crippen molar-refractivity contribution in [3.05, 3.63) is 18.1 Å². The normalized spacial score (nSPS) is 15.1. The summed E-state index contributed by atoms with van der Waals surface area (Å²) in [6, 6.07) is 0. The van der Waals surface area contributed by atoms with Crippen molar-refractivity contribution >= 4 is 17.4 Å². The van der Waals surface area contributed by atoms with E-state index in [-0.39, 0.29) is 0 Å². The number of aromatic nitrogens is 2. The molecule has 1 fully saturated rings. The quantitative estimate of drug-likeness (QED) is 0.715. The summed E-state index contributed by atoms with van der Waals surface area (Å²) in [5.74, 6) is 2.28. The van der Waals surface area contributed by atoms with E-state index in [1.54, 1.807) is 6.20 Å². The van der Waals surface area contributed by atoms with E-state index in [0.717, 1.165) is 36.9 Å². The maximum absolute atomic E-state index is 5.78. The molecule has 3 nitrogen and oxygen atoms in total. The zero-order valence-electron chi connectivity index (χ0n) is 9.69. The lowest BCUT2D eigenvalue weighted by Gasteiger charge is -2.22. The molecule has 2 rings (SSSR count). The molecule has 0 N–H and O–H groups in total. The number of halogens is 1. The van der Waals surface area contributed by atoms with Crippen LogP contribution in [0.25, 0.3) is 0 Å². The molecule has 88 valence electrons. The fourth-order valence-electron chi connectivity index (χ4n) is 1.79. The van der Waals surface area contributed by atoms with Crippen molar-refractivity contribution in [1.29, 1.82) is 0 Å². The average Bonchev–Trinajstić information content (AvgIpc) is 3.12. The third-order valence-electron chi connectivity index (χ3n) is 2.80. The second-order valence-electron chi connectivity index (χ2n) is 4.39. The Morgan fingerprint density at radius 2 is 2.25 bits per heavy atom. The second-order valence-corrected chi connectivity index (χ2v) is 4.66. The second kappa shape index (κ2) is 5.48. The lowest BCUT2D eigenvalue weighted by Crippen LogP contribution is -2.27. The third kappa shape index (κ3) is 3.08. The minimum Gasteiger partial charge on any atom is -0.355 e. The van der Waals surface area contributed by atoms with Crippen LogP contribution >= 0.6 is 11.6 Å². The highest BCUT2D eigenvalue weighted by Gasteiger charge is 2.24. The number of anilines is 1. The topological polar surface area (TPSA) is 29.0 Å². The van der Waals surface area contributed by atoms with Gasteiger partial charge in [0.1, 0.15) is 5.82 Å². The summed E-state index contributed by atoms with van der Waals surface area (Å²) in [6.45, 7) is 4.36. The molecule has 0 saturated heterocycles. The first kappa shape index (κ1) is 11.6. The van der Waals surface area contributed by atoms with Crippen molar-refractivity contribution in [3.63, 3.8) is 0 Å². The van der Waals surface area contributed by atoms with Gasteiger partial charge in [-0.05, 0) is 25.2 Å². The summed E-state index contributed by atoms with van der Waals surface area (Å²) >= 11 is 5.78. The summed E-state index contributed by atoms with van der Waals surface area (Å²) in [5.41, 5.74) is 0.857. The number of hydrogen-bond donors (Lipinski definition) is 0. The summed E-state index contributed by atoms with van der Waals surface area (Å²) < 4.78 is 0. The van der Waals surface area contributed by atoms with Crippen LogP contribution in [-0.4, -0.2) is 23.1 Å². The Balaban J connectivity index is 2.08. The van der Waals surface area contributed by atoms with Crippen LogP contribution < -0.4 is 4.90 Å². The average molecular weight is 240 g/mol. The molecular weight excluding hydrogens is 222 g/mol. The minimum atomic E-state index is 0.435. The molecule has 1 aromatic heterocycles. The van der Waals surface area contributed by atoms with Crippen LogP contribution in [0.5, 0.6) is 0 Å². The van der Waals surface area contributed by atoms with Gasteiger partial charge in [0.25, 0.3) is 0 Å². The molecule has 0 spiro atoms.